The van der Waals surface area contributed by atoms with Crippen LogP contribution in [-0.2, 0) is 13.6 Å². The fourth-order valence-corrected chi connectivity index (χ4v) is 5.32. The average molecular weight is 496 g/mol. The summed E-state index contributed by atoms with van der Waals surface area (Å²) in [5, 5.41) is 12.9. The number of piperidine rings is 1. The summed E-state index contributed by atoms with van der Waals surface area (Å²) in [6.45, 7) is 6.74. The van der Waals surface area contributed by atoms with Gasteiger partial charge in [0.1, 0.15) is 0 Å². The number of hydrogen-bond donors (Lipinski definition) is 1. The number of hydrogen-bond acceptors (Lipinski definition) is 8. The molecule has 1 aromatic carbocycles. The molecule has 0 saturated carbocycles. The number of nitrogens with one attached hydrogen (secondary N) is 1. The Bertz CT molecular complexity index is 1430. The molecule has 35 heavy (non-hydrogen) atoms. The van der Waals surface area contributed by atoms with Gasteiger partial charge < -0.3 is 9.47 Å². The summed E-state index contributed by atoms with van der Waals surface area (Å²) >= 11 is 1.57. The zero-order valence-electron chi connectivity index (χ0n) is 20.1. The number of imidazole rings is 1. The molecule has 4 heterocycles. The molecule has 0 spiro atoms. The van der Waals surface area contributed by atoms with E-state index in [1.54, 1.807) is 23.5 Å². The number of benzene rings is 1. The third-order valence-corrected chi connectivity index (χ3v) is 7.73. The van der Waals surface area contributed by atoms with E-state index in [0.29, 0.717) is 28.8 Å². The van der Waals surface area contributed by atoms with Gasteiger partial charge in [0.15, 0.2) is 11.2 Å². The molecule has 0 unspecified atom stereocenters. The van der Waals surface area contributed by atoms with Gasteiger partial charge in [-0.2, -0.15) is 9.67 Å². The molecule has 1 atom stereocenters. The van der Waals surface area contributed by atoms with Crippen LogP contribution in [0, 0.1) is 11.8 Å². The Labute approximate surface area is 206 Å². The van der Waals surface area contributed by atoms with Gasteiger partial charge in [-0.3, -0.25) is 14.3 Å². The van der Waals surface area contributed by atoms with Crippen LogP contribution in [0.5, 0.6) is 0 Å². The smallest absolute Gasteiger partial charge is 0.329 e. The SMILES string of the molecule is CC1CCN(c2nc3c(c(=O)[nH]c(=O)n3C)n2C[C@H](C)CSc2nnnn2-c2ccccc2)CC1. The molecule has 1 fully saturated rings. The maximum absolute atomic E-state index is 12.9. The molecule has 1 saturated heterocycles. The fraction of sp³-hybridized carbons (Fsp3) is 0.478. The van der Waals surface area contributed by atoms with Gasteiger partial charge in [0, 0.05) is 32.4 Å². The first-order chi connectivity index (χ1) is 16.9. The van der Waals surface area contributed by atoms with Crippen molar-refractivity contribution >= 4 is 28.9 Å². The van der Waals surface area contributed by atoms with Crippen molar-refractivity contribution < 1.29 is 0 Å². The number of aromatic amines is 1. The van der Waals surface area contributed by atoms with Crippen molar-refractivity contribution in [1.29, 1.82) is 0 Å². The fourth-order valence-electron chi connectivity index (χ4n) is 4.43. The molecule has 3 aromatic heterocycles. The number of rotatable bonds is 7. The largest absolute Gasteiger partial charge is 0.342 e. The molecule has 0 aliphatic carbocycles. The van der Waals surface area contributed by atoms with E-state index in [2.05, 4.69) is 39.3 Å². The van der Waals surface area contributed by atoms with E-state index in [1.807, 2.05) is 34.9 Å². The molecular formula is C23H29N9O2S. The molecule has 1 aliphatic heterocycles. The van der Waals surface area contributed by atoms with Gasteiger partial charge in [-0.1, -0.05) is 43.8 Å². The molecule has 184 valence electrons. The lowest BCUT2D eigenvalue weighted by Crippen LogP contribution is -2.35. The quantitative estimate of drug-likeness (QED) is 0.387. The van der Waals surface area contributed by atoms with Crippen molar-refractivity contribution in [3.05, 3.63) is 51.2 Å². The maximum atomic E-state index is 12.9. The van der Waals surface area contributed by atoms with Crippen LogP contribution in [0.3, 0.4) is 0 Å². The van der Waals surface area contributed by atoms with Crippen LogP contribution in [0.15, 0.2) is 45.1 Å². The number of thioether (sulfide) groups is 1. The van der Waals surface area contributed by atoms with Crippen LogP contribution in [0.4, 0.5) is 5.95 Å². The first-order valence-electron chi connectivity index (χ1n) is 11.8. The number of anilines is 1. The third-order valence-electron chi connectivity index (χ3n) is 6.49. The second-order valence-corrected chi connectivity index (χ2v) is 10.3. The van der Waals surface area contributed by atoms with Gasteiger partial charge in [0.2, 0.25) is 11.1 Å². The van der Waals surface area contributed by atoms with Crippen molar-refractivity contribution in [1.82, 2.24) is 39.3 Å². The van der Waals surface area contributed by atoms with Gasteiger partial charge in [0.25, 0.3) is 5.56 Å². The van der Waals surface area contributed by atoms with Crippen LogP contribution >= 0.6 is 11.8 Å². The van der Waals surface area contributed by atoms with Crippen LogP contribution in [0.25, 0.3) is 16.9 Å². The van der Waals surface area contributed by atoms with Gasteiger partial charge in [-0.05, 0) is 47.2 Å². The molecule has 1 aliphatic rings. The van der Waals surface area contributed by atoms with E-state index in [4.69, 9.17) is 4.98 Å². The number of H-pyrrole nitrogens is 1. The van der Waals surface area contributed by atoms with Crippen LogP contribution in [0.2, 0.25) is 0 Å². The second-order valence-electron chi connectivity index (χ2n) is 9.31. The van der Waals surface area contributed by atoms with Crippen molar-refractivity contribution in [3.63, 3.8) is 0 Å². The molecule has 12 heteroatoms. The Morgan fingerprint density at radius 1 is 1.17 bits per heavy atom. The Balaban J connectivity index is 1.42. The van der Waals surface area contributed by atoms with Gasteiger partial charge in [-0.15, -0.1) is 5.10 Å². The molecule has 11 nitrogen and oxygen atoms in total. The zero-order valence-corrected chi connectivity index (χ0v) is 20.9. The number of nitrogens with zero attached hydrogens (tertiary/aromatic N) is 8. The molecule has 4 aromatic rings. The minimum atomic E-state index is -0.456. The van der Waals surface area contributed by atoms with E-state index >= 15 is 0 Å². The minimum absolute atomic E-state index is 0.178. The normalized spacial score (nSPS) is 15.7. The topological polar surface area (TPSA) is 120 Å². The Hall–Kier alpha value is -3.41. The van der Waals surface area contributed by atoms with Crippen LogP contribution < -0.4 is 16.1 Å². The molecular weight excluding hydrogens is 466 g/mol. The summed E-state index contributed by atoms with van der Waals surface area (Å²) in [5.41, 5.74) is 0.900. The molecule has 0 amide bonds. The van der Waals surface area contributed by atoms with Gasteiger partial charge in [0.05, 0.1) is 5.69 Å². The summed E-state index contributed by atoms with van der Waals surface area (Å²) in [4.78, 5) is 34.5. The zero-order chi connectivity index (χ0) is 24.5. The Morgan fingerprint density at radius 3 is 2.66 bits per heavy atom. The van der Waals surface area contributed by atoms with E-state index in [1.165, 1.54) is 4.57 Å². The lowest BCUT2D eigenvalue weighted by molar-refractivity contribution is 0.427. The highest BCUT2D eigenvalue weighted by Gasteiger charge is 2.25. The summed E-state index contributed by atoms with van der Waals surface area (Å²) in [5.74, 6) is 2.34. The highest BCUT2D eigenvalue weighted by molar-refractivity contribution is 7.99. The number of aromatic nitrogens is 8. The van der Waals surface area contributed by atoms with E-state index < -0.39 is 11.2 Å². The maximum Gasteiger partial charge on any atom is 0.329 e. The summed E-state index contributed by atoms with van der Waals surface area (Å²) in [7, 11) is 1.64. The third kappa shape index (κ3) is 4.62. The van der Waals surface area contributed by atoms with E-state index in [-0.39, 0.29) is 5.92 Å². The van der Waals surface area contributed by atoms with Crippen LogP contribution in [-0.4, -0.2) is 58.2 Å². The van der Waals surface area contributed by atoms with Crippen molar-refractivity contribution in [2.24, 2.45) is 18.9 Å². The summed E-state index contributed by atoms with van der Waals surface area (Å²) < 4.78 is 5.12. The van der Waals surface area contributed by atoms with Crippen molar-refractivity contribution in [3.8, 4) is 5.69 Å². The average Bonchev–Trinajstić information content (AvgIpc) is 3.48. The predicted octanol–water partition coefficient (Wildman–Crippen LogP) is 2.06. The highest BCUT2D eigenvalue weighted by Crippen LogP contribution is 2.27. The summed E-state index contributed by atoms with van der Waals surface area (Å²) in [6.07, 6.45) is 2.15. The highest BCUT2D eigenvalue weighted by atomic mass is 32.2. The first-order valence-corrected chi connectivity index (χ1v) is 12.8. The minimum Gasteiger partial charge on any atom is -0.342 e. The molecule has 0 bridgehead atoms. The first kappa shape index (κ1) is 23.3. The standard InChI is InChI=1S/C23H29N9O2S/c1-15-9-11-30(12-10-15)21-24-19-18(20(33)25-22(34)29(19)3)31(21)13-16(2)14-35-23-26-27-28-32(23)17-7-5-4-6-8-17/h4-8,15-16H,9-14H2,1-3H3,(H,25,33,34)/t16-/m0/s1. The van der Waals surface area contributed by atoms with Crippen molar-refractivity contribution in [2.45, 2.75) is 38.4 Å². The summed E-state index contributed by atoms with van der Waals surface area (Å²) in [6, 6.07) is 9.78. The Kier molecular flexibility index (Phi) is 6.46. The lowest BCUT2D eigenvalue weighted by atomic mass is 10.00. The number of fused-ring (bicyclic) bond motifs is 1. The monoisotopic (exact) mass is 495 g/mol. The number of para-hydroxylation sites is 1. The van der Waals surface area contributed by atoms with Crippen molar-refractivity contribution in [2.75, 3.05) is 23.7 Å². The molecule has 1 N–H and O–H groups in total. The lowest BCUT2D eigenvalue weighted by Gasteiger charge is -2.31. The second kappa shape index (κ2) is 9.68. The van der Waals surface area contributed by atoms with Gasteiger partial charge in [-0.25, -0.2) is 4.79 Å². The molecule has 5 rings (SSSR count). The van der Waals surface area contributed by atoms with E-state index in [9.17, 15) is 9.59 Å². The number of tetrazole rings is 1. The van der Waals surface area contributed by atoms with Gasteiger partial charge >= 0.3 is 5.69 Å². The Morgan fingerprint density at radius 2 is 1.91 bits per heavy atom. The number of aryl methyl sites for hydroxylation is 1. The predicted molar refractivity (Wildman–Crippen MR) is 135 cm³/mol. The van der Waals surface area contributed by atoms with Crippen LogP contribution in [0.1, 0.15) is 26.7 Å². The molecule has 0 radical (unpaired) electrons. The van der Waals surface area contributed by atoms with E-state index in [0.717, 1.165) is 43.3 Å².